The predicted molar refractivity (Wildman–Crippen MR) is 89.8 cm³/mol. The van der Waals surface area contributed by atoms with Crippen LogP contribution in [-0.2, 0) is 0 Å². The van der Waals surface area contributed by atoms with Gasteiger partial charge in [0.25, 0.3) is 0 Å². The van der Waals surface area contributed by atoms with Crippen LogP contribution in [0, 0.1) is 0 Å². The molecule has 1 aromatic heterocycles. The molecule has 0 bridgehead atoms. The zero-order chi connectivity index (χ0) is 15.4. The lowest BCUT2D eigenvalue weighted by atomic mass is 10.3. The average Bonchev–Trinajstić information content (AvgIpc) is 2.48. The molecule has 0 aliphatic carbocycles. The molecule has 3 N–H and O–H groups in total. The highest BCUT2D eigenvalue weighted by Gasteiger charge is 2.13. The second-order valence-electron chi connectivity index (χ2n) is 4.39. The Morgan fingerprint density at radius 3 is 2.48 bits per heavy atom. The van der Waals surface area contributed by atoms with Gasteiger partial charge in [-0.15, -0.1) is 0 Å². The monoisotopic (exact) mass is 325 g/mol. The number of nitrogens with two attached hydrogens (primary N) is 1. The topological polar surface area (TPSA) is 67.1 Å². The van der Waals surface area contributed by atoms with Gasteiger partial charge in [-0.1, -0.05) is 23.2 Å². The number of aromatic nitrogens is 2. The van der Waals surface area contributed by atoms with Crippen molar-refractivity contribution in [3.8, 4) is 0 Å². The summed E-state index contributed by atoms with van der Waals surface area (Å²) in [5.41, 5.74) is 7.43. The first-order chi connectivity index (χ1) is 10.1. The van der Waals surface area contributed by atoms with Gasteiger partial charge in [0.1, 0.15) is 12.0 Å². The summed E-state index contributed by atoms with van der Waals surface area (Å²) < 4.78 is 0. The third-order valence-electron chi connectivity index (χ3n) is 3.11. The molecule has 0 radical (unpaired) electrons. The highest BCUT2D eigenvalue weighted by atomic mass is 35.5. The van der Waals surface area contributed by atoms with Gasteiger partial charge < -0.3 is 16.0 Å². The quantitative estimate of drug-likeness (QED) is 0.871. The molecule has 0 saturated heterocycles. The molecule has 1 heterocycles. The van der Waals surface area contributed by atoms with E-state index in [0.717, 1.165) is 24.6 Å². The molecule has 2 aromatic rings. The van der Waals surface area contributed by atoms with Gasteiger partial charge in [0, 0.05) is 18.8 Å². The third kappa shape index (κ3) is 3.49. The summed E-state index contributed by atoms with van der Waals surface area (Å²) in [6, 6.07) is 5.25. The van der Waals surface area contributed by atoms with E-state index in [-0.39, 0.29) is 0 Å². The highest BCUT2D eigenvalue weighted by Crippen LogP contribution is 2.30. The van der Waals surface area contributed by atoms with Gasteiger partial charge in [-0.25, -0.2) is 9.97 Å². The predicted octanol–water partition coefficient (Wildman–Crippen LogP) is 3.96. The smallest absolute Gasteiger partial charge is 0.159 e. The minimum atomic E-state index is 0.471. The van der Waals surface area contributed by atoms with Gasteiger partial charge in [-0.2, -0.15) is 0 Å². The molecule has 0 spiro atoms. The van der Waals surface area contributed by atoms with E-state index in [9.17, 15) is 0 Å². The maximum atomic E-state index is 6.16. The molecule has 21 heavy (non-hydrogen) atoms. The van der Waals surface area contributed by atoms with Crippen LogP contribution in [0.2, 0.25) is 10.0 Å². The molecule has 0 saturated carbocycles. The lowest BCUT2D eigenvalue weighted by molar-refractivity contribution is 0.844. The van der Waals surface area contributed by atoms with Crippen LogP contribution in [0.5, 0.6) is 0 Å². The van der Waals surface area contributed by atoms with E-state index < -0.39 is 0 Å². The molecular formula is C14H17Cl2N5. The number of rotatable bonds is 5. The normalized spacial score (nSPS) is 10.5. The van der Waals surface area contributed by atoms with Gasteiger partial charge in [0.2, 0.25) is 0 Å². The van der Waals surface area contributed by atoms with E-state index >= 15 is 0 Å². The standard InChI is InChI=1S/C14H17Cl2N5/c1-3-21(4-2)14-12(17)13(18-8-19-14)20-9-5-6-10(15)11(16)7-9/h5-8H,3-4,17H2,1-2H3,(H,18,19,20). The van der Waals surface area contributed by atoms with Crippen LogP contribution >= 0.6 is 23.2 Å². The van der Waals surface area contributed by atoms with Crippen molar-refractivity contribution in [2.45, 2.75) is 13.8 Å². The van der Waals surface area contributed by atoms with E-state index in [2.05, 4.69) is 34.0 Å². The number of nitrogen functional groups attached to an aromatic ring is 1. The molecule has 112 valence electrons. The average molecular weight is 326 g/mol. The van der Waals surface area contributed by atoms with Crippen molar-refractivity contribution in [2.24, 2.45) is 0 Å². The largest absolute Gasteiger partial charge is 0.393 e. The number of benzene rings is 1. The Balaban J connectivity index is 2.32. The van der Waals surface area contributed by atoms with Crippen molar-refractivity contribution in [3.63, 3.8) is 0 Å². The molecule has 0 aliphatic heterocycles. The molecule has 7 heteroatoms. The van der Waals surface area contributed by atoms with Gasteiger partial charge in [-0.3, -0.25) is 0 Å². The number of anilines is 4. The van der Waals surface area contributed by atoms with Gasteiger partial charge >= 0.3 is 0 Å². The summed E-state index contributed by atoms with van der Waals surface area (Å²) in [7, 11) is 0. The van der Waals surface area contributed by atoms with Crippen LogP contribution in [0.1, 0.15) is 13.8 Å². The summed E-state index contributed by atoms with van der Waals surface area (Å²) in [4.78, 5) is 10.5. The maximum absolute atomic E-state index is 6.16. The highest BCUT2D eigenvalue weighted by molar-refractivity contribution is 6.42. The van der Waals surface area contributed by atoms with E-state index in [1.165, 1.54) is 6.33 Å². The van der Waals surface area contributed by atoms with Gasteiger partial charge in [0.05, 0.1) is 10.0 Å². The van der Waals surface area contributed by atoms with E-state index in [1.807, 2.05) is 6.07 Å². The van der Waals surface area contributed by atoms with Crippen molar-refractivity contribution >= 4 is 46.2 Å². The molecule has 0 aliphatic rings. The van der Waals surface area contributed by atoms with Crippen molar-refractivity contribution in [3.05, 3.63) is 34.6 Å². The fourth-order valence-electron chi connectivity index (χ4n) is 1.97. The minimum Gasteiger partial charge on any atom is -0.393 e. The first-order valence-corrected chi connectivity index (χ1v) is 7.39. The van der Waals surface area contributed by atoms with E-state index in [0.29, 0.717) is 21.6 Å². The fraction of sp³-hybridized carbons (Fsp3) is 0.286. The van der Waals surface area contributed by atoms with Crippen LogP contribution in [0.3, 0.4) is 0 Å². The van der Waals surface area contributed by atoms with Gasteiger partial charge in [0.15, 0.2) is 11.6 Å². The second kappa shape index (κ2) is 6.83. The Labute approximate surface area is 134 Å². The van der Waals surface area contributed by atoms with E-state index in [1.54, 1.807) is 12.1 Å². The summed E-state index contributed by atoms with van der Waals surface area (Å²) in [6.45, 7) is 5.75. The molecule has 0 unspecified atom stereocenters. The molecule has 0 fully saturated rings. The van der Waals surface area contributed by atoms with Crippen molar-refractivity contribution < 1.29 is 0 Å². The molecule has 0 atom stereocenters. The fourth-order valence-corrected chi connectivity index (χ4v) is 2.27. The first kappa shape index (κ1) is 15.7. The molecular weight excluding hydrogens is 309 g/mol. The lowest BCUT2D eigenvalue weighted by Gasteiger charge is -2.22. The first-order valence-electron chi connectivity index (χ1n) is 6.64. The zero-order valence-corrected chi connectivity index (χ0v) is 13.4. The molecule has 5 nitrogen and oxygen atoms in total. The third-order valence-corrected chi connectivity index (χ3v) is 3.85. The Bertz CT molecular complexity index is 629. The van der Waals surface area contributed by atoms with Crippen LogP contribution < -0.4 is 16.0 Å². The molecule has 2 rings (SSSR count). The van der Waals surface area contributed by atoms with Gasteiger partial charge in [-0.05, 0) is 32.0 Å². The SMILES string of the molecule is CCN(CC)c1ncnc(Nc2ccc(Cl)c(Cl)c2)c1N. The van der Waals surface area contributed by atoms with Crippen molar-refractivity contribution in [2.75, 3.05) is 29.0 Å². The van der Waals surface area contributed by atoms with Crippen LogP contribution in [0.15, 0.2) is 24.5 Å². The number of hydrogen-bond donors (Lipinski definition) is 2. The molecule has 0 amide bonds. The second-order valence-corrected chi connectivity index (χ2v) is 5.20. The van der Waals surface area contributed by atoms with E-state index in [4.69, 9.17) is 28.9 Å². The van der Waals surface area contributed by atoms with Crippen LogP contribution in [0.4, 0.5) is 23.0 Å². The van der Waals surface area contributed by atoms with Crippen LogP contribution in [0.25, 0.3) is 0 Å². The summed E-state index contributed by atoms with van der Waals surface area (Å²) in [5, 5.41) is 4.11. The van der Waals surface area contributed by atoms with Crippen LogP contribution in [-0.4, -0.2) is 23.1 Å². The Morgan fingerprint density at radius 2 is 1.86 bits per heavy atom. The molecule has 1 aromatic carbocycles. The number of nitrogens with one attached hydrogen (secondary N) is 1. The Morgan fingerprint density at radius 1 is 1.14 bits per heavy atom. The van der Waals surface area contributed by atoms with Crippen molar-refractivity contribution in [1.82, 2.24) is 9.97 Å². The number of nitrogens with zero attached hydrogens (tertiary/aromatic N) is 3. The lowest BCUT2D eigenvalue weighted by Crippen LogP contribution is -2.24. The number of halogens is 2. The minimum absolute atomic E-state index is 0.471. The zero-order valence-electron chi connectivity index (χ0n) is 11.9. The van der Waals surface area contributed by atoms with Crippen molar-refractivity contribution in [1.29, 1.82) is 0 Å². The maximum Gasteiger partial charge on any atom is 0.159 e. The Kier molecular flexibility index (Phi) is 5.09. The number of hydrogen-bond acceptors (Lipinski definition) is 5. The summed E-state index contributed by atoms with van der Waals surface area (Å²) >= 11 is 11.9. The summed E-state index contributed by atoms with van der Waals surface area (Å²) in [6.07, 6.45) is 1.49. The summed E-state index contributed by atoms with van der Waals surface area (Å²) in [5.74, 6) is 1.27. The Hall–Kier alpha value is -1.72.